The molecule has 0 radical (unpaired) electrons. The fourth-order valence-electron chi connectivity index (χ4n) is 1.22. The second-order valence-corrected chi connectivity index (χ2v) is 4.81. The molecule has 1 aromatic rings. The van der Waals surface area contributed by atoms with Crippen LogP contribution in [0.2, 0.25) is 0 Å². The third-order valence-corrected chi connectivity index (χ3v) is 3.29. The Bertz CT molecular complexity index is 349. The number of ketones is 1. The van der Waals surface area contributed by atoms with E-state index in [1.807, 2.05) is 44.4 Å². The van der Waals surface area contributed by atoms with Gasteiger partial charge in [-0.1, -0.05) is 12.1 Å². The first-order valence-corrected chi connectivity index (χ1v) is 6.11. The van der Waals surface area contributed by atoms with Gasteiger partial charge in [0.05, 0.1) is 5.54 Å². The summed E-state index contributed by atoms with van der Waals surface area (Å²) in [6.45, 7) is 3.77. The number of nitrogens with one attached hydrogen (secondary N) is 1. The highest BCUT2D eigenvalue weighted by atomic mass is 35.5. The molecular formula is C12H18ClNOS. The predicted molar refractivity (Wildman–Crippen MR) is 72.9 cm³/mol. The van der Waals surface area contributed by atoms with Crippen LogP contribution >= 0.6 is 24.2 Å². The van der Waals surface area contributed by atoms with E-state index in [0.29, 0.717) is 0 Å². The van der Waals surface area contributed by atoms with E-state index in [4.69, 9.17) is 0 Å². The van der Waals surface area contributed by atoms with Crippen LogP contribution in [0.1, 0.15) is 24.2 Å². The van der Waals surface area contributed by atoms with E-state index in [0.717, 1.165) is 5.56 Å². The number of likely N-dealkylation sites (N-methyl/N-ethyl adjacent to an activating group) is 1. The SMILES string of the molecule is CNC(C)(C)C(=O)c1ccc(SC)cc1.Cl. The lowest BCUT2D eigenvalue weighted by atomic mass is 9.93. The molecule has 0 bridgehead atoms. The number of rotatable bonds is 4. The van der Waals surface area contributed by atoms with Gasteiger partial charge in [0, 0.05) is 10.5 Å². The summed E-state index contributed by atoms with van der Waals surface area (Å²) >= 11 is 1.68. The molecule has 0 atom stereocenters. The Morgan fingerprint density at radius 2 is 1.75 bits per heavy atom. The van der Waals surface area contributed by atoms with Crippen molar-refractivity contribution in [2.75, 3.05) is 13.3 Å². The van der Waals surface area contributed by atoms with E-state index in [9.17, 15) is 4.79 Å². The topological polar surface area (TPSA) is 29.1 Å². The van der Waals surface area contributed by atoms with E-state index >= 15 is 0 Å². The van der Waals surface area contributed by atoms with Crippen molar-refractivity contribution in [1.29, 1.82) is 0 Å². The summed E-state index contributed by atoms with van der Waals surface area (Å²) in [5.74, 6) is 0.123. The fraction of sp³-hybridized carbons (Fsp3) is 0.417. The summed E-state index contributed by atoms with van der Waals surface area (Å²) in [5.41, 5.74) is 0.257. The van der Waals surface area contributed by atoms with Crippen LogP contribution in [0.5, 0.6) is 0 Å². The first-order chi connectivity index (χ1) is 7.01. The minimum Gasteiger partial charge on any atom is -0.308 e. The van der Waals surface area contributed by atoms with Crippen molar-refractivity contribution in [2.24, 2.45) is 0 Å². The Morgan fingerprint density at radius 1 is 1.25 bits per heavy atom. The number of Topliss-reactive ketones (excluding diaryl/α,β-unsaturated/α-hetero) is 1. The lowest BCUT2D eigenvalue weighted by molar-refractivity contribution is 0.0889. The van der Waals surface area contributed by atoms with Crippen LogP contribution in [0.3, 0.4) is 0 Å². The molecule has 0 saturated heterocycles. The van der Waals surface area contributed by atoms with Crippen LogP contribution in [0.4, 0.5) is 0 Å². The average molecular weight is 260 g/mol. The fourth-order valence-corrected chi connectivity index (χ4v) is 1.63. The van der Waals surface area contributed by atoms with Crippen molar-refractivity contribution >= 4 is 30.0 Å². The van der Waals surface area contributed by atoms with Crippen molar-refractivity contribution < 1.29 is 4.79 Å². The zero-order valence-electron chi connectivity index (χ0n) is 10.0. The van der Waals surface area contributed by atoms with Crippen molar-refractivity contribution in [2.45, 2.75) is 24.3 Å². The molecule has 0 amide bonds. The molecule has 0 unspecified atom stereocenters. The van der Waals surface area contributed by atoms with Gasteiger partial charge in [0.1, 0.15) is 0 Å². The third-order valence-electron chi connectivity index (χ3n) is 2.54. The maximum absolute atomic E-state index is 12.0. The summed E-state index contributed by atoms with van der Waals surface area (Å²) < 4.78 is 0. The van der Waals surface area contributed by atoms with Gasteiger partial charge in [-0.15, -0.1) is 24.2 Å². The van der Waals surface area contributed by atoms with E-state index < -0.39 is 5.54 Å². The lowest BCUT2D eigenvalue weighted by Crippen LogP contribution is -2.44. The maximum Gasteiger partial charge on any atom is 0.182 e. The van der Waals surface area contributed by atoms with Gasteiger partial charge < -0.3 is 5.32 Å². The minimum absolute atomic E-state index is 0. The molecule has 16 heavy (non-hydrogen) atoms. The second kappa shape index (κ2) is 6.28. The smallest absolute Gasteiger partial charge is 0.182 e. The van der Waals surface area contributed by atoms with Crippen molar-refractivity contribution in [1.82, 2.24) is 5.32 Å². The van der Waals surface area contributed by atoms with E-state index in [-0.39, 0.29) is 18.2 Å². The average Bonchev–Trinajstić information content (AvgIpc) is 2.28. The Balaban J connectivity index is 0.00000225. The van der Waals surface area contributed by atoms with E-state index in [1.54, 1.807) is 18.8 Å². The Hall–Kier alpha value is -0.510. The van der Waals surface area contributed by atoms with Crippen LogP contribution < -0.4 is 5.32 Å². The second-order valence-electron chi connectivity index (χ2n) is 3.93. The van der Waals surface area contributed by atoms with Gasteiger partial charge in [-0.05, 0) is 39.3 Å². The minimum atomic E-state index is -0.499. The quantitative estimate of drug-likeness (QED) is 0.666. The van der Waals surface area contributed by atoms with Crippen LogP contribution in [0.25, 0.3) is 0 Å². The number of carbonyl (C=O) groups is 1. The highest BCUT2D eigenvalue weighted by molar-refractivity contribution is 7.98. The van der Waals surface area contributed by atoms with Crippen LogP contribution in [-0.2, 0) is 0 Å². The number of halogens is 1. The highest BCUT2D eigenvalue weighted by Crippen LogP contribution is 2.18. The first-order valence-electron chi connectivity index (χ1n) is 4.89. The van der Waals surface area contributed by atoms with Crippen molar-refractivity contribution in [3.05, 3.63) is 29.8 Å². The summed E-state index contributed by atoms with van der Waals surface area (Å²) in [6.07, 6.45) is 2.02. The number of thioether (sulfide) groups is 1. The number of carbonyl (C=O) groups excluding carboxylic acids is 1. The molecule has 1 rings (SSSR count). The van der Waals surface area contributed by atoms with Gasteiger partial charge in [0.25, 0.3) is 0 Å². The zero-order chi connectivity index (χ0) is 11.5. The zero-order valence-corrected chi connectivity index (χ0v) is 11.7. The molecule has 1 aromatic carbocycles. The number of hydrogen-bond donors (Lipinski definition) is 1. The predicted octanol–water partition coefficient (Wildman–Crippen LogP) is 3.01. The molecule has 0 spiro atoms. The number of hydrogen-bond acceptors (Lipinski definition) is 3. The van der Waals surface area contributed by atoms with Crippen molar-refractivity contribution in [3.63, 3.8) is 0 Å². The van der Waals surface area contributed by atoms with E-state index in [2.05, 4.69) is 5.32 Å². The van der Waals surface area contributed by atoms with Gasteiger partial charge in [-0.25, -0.2) is 0 Å². The van der Waals surface area contributed by atoms with Gasteiger partial charge >= 0.3 is 0 Å². The van der Waals surface area contributed by atoms with E-state index in [1.165, 1.54) is 4.90 Å². The van der Waals surface area contributed by atoms with Crippen LogP contribution in [0.15, 0.2) is 29.2 Å². The van der Waals surface area contributed by atoms with Gasteiger partial charge in [-0.3, -0.25) is 4.79 Å². The summed E-state index contributed by atoms with van der Waals surface area (Å²) in [7, 11) is 1.80. The number of benzene rings is 1. The molecule has 0 heterocycles. The summed E-state index contributed by atoms with van der Waals surface area (Å²) in [4.78, 5) is 13.2. The molecule has 2 nitrogen and oxygen atoms in total. The molecule has 4 heteroatoms. The van der Waals surface area contributed by atoms with Gasteiger partial charge in [0.2, 0.25) is 0 Å². The van der Waals surface area contributed by atoms with Gasteiger partial charge in [-0.2, -0.15) is 0 Å². The van der Waals surface area contributed by atoms with Crippen LogP contribution in [0, 0.1) is 0 Å². The Kier molecular flexibility index (Phi) is 6.08. The molecular weight excluding hydrogens is 242 g/mol. The molecule has 0 aliphatic rings. The Labute approximate surface area is 108 Å². The lowest BCUT2D eigenvalue weighted by Gasteiger charge is -2.22. The molecule has 0 saturated carbocycles. The molecule has 90 valence electrons. The normalized spacial score (nSPS) is 10.8. The molecule has 1 N–H and O–H groups in total. The maximum atomic E-state index is 12.0. The largest absolute Gasteiger partial charge is 0.308 e. The standard InChI is InChI=1S/C12H17NOS.ClH/c1-12(2,13-3)11(14)9-5-7-10(15-4)8-6-9;/h5-8,13H,1-4H3;1H. The van der Waals surface area contributed by atoms with Crippen LogP contribution in [-0.4, -0.2) is 24.6 Å². The first kappa shape index (κ1) is 15.5. The third kappa shape index (κ3) is 3.51. The summed E-state index contributed by atoms with van der Waals surface area (Å²) in [6, 6.07) is 7.72. The Morgan fingerprint density at radius 3 is 2.12 bits per heavy atom. The monoisotopic (exact) mass is 259 g/mol. The highest BCUT2D eigenvalue weighted by Gasteiger charge is 2.26. The summed E-state index contributed by atoms with van der Waals surface area (Å²) in [5, 5.41) is 3.01. The van der Waals surface area contributed by atoms with Gasteiger partial charge in [0.15, 0.2) is 5.78 Å². The van der Waals surface area contributed by atoms with Crippen molar-refractivity contribution in [3.8, 4) is 0 Å². The molecule has 0 aromatic heterocycles. The molecule has 0 aliphatic carbocycles. The molecule has 0 aliphatic heterocycles. The molecule has 0 fully saturated rings.